The molecule has 2 amide bonds. The van der Waals surface area contributed by atoms with E-state index in [0.29, 0.717) is 50.6 Å². The summed E-state index contributed by atoms with van der Waals surface area (Å²) in [5, 5.41) is 15.7. The van der Waals surface area contributed by atoms with E-state index in [1.165, 1.54) is 29.1 Å². The summed E-state index contributed by atoms with van der Waals surface area (Å²) in [5.74, 6) is -0.339. The fourth-order valence-corrected chi connectivity index (χ4v) is 10.7. The minimum absolute atomic E-state index is 0.0776. The highest BCUT2D eigenvalue weighted by atomic mass is 35.5. The number of methoxy groups -OCH3 is 1. The molecule has 0 saturated heterocycles. The van der Waals surface area contributed by atoms with Gasteiger partial charge in [-0.25, -0.2) is 4.21 Å². The van der Waals surface area contributed by atoms with E-state index in [9.17, 15) is 18.9 Å². The maximum absolute atomic E-state index is 14.8. The lowest BCUT2D eigenvalue weighted by Crippen LogP contribution is -2.49. The number of aromatic nitrogens is 2. The predicted octanol–water partition coefficient (Wildman–Crippen LogP) is 6.10. The number of nitrogens with zero attached hydrogens (tertiary/aromatic N) is 4. The molecule has 1 saturated carbocycles. The van der Waals surface area contributed by atoms with E-state index in [-0.39, 0.29) is 34.3 Å². The number of fused-ring (bicyclic) bond motifs is 4. The van der Waals surface area contributed by atoms with Gasteiger partial charge in [0.15, 0.2) is 0 Å². The number of carbonyl (C=O) groups excluding carboxylic acids is 2. The summed E-state index contributed by atoms with van der Waals surface area (Å²) in [4.78, 5) is 30.0. The smallest absolute Gasteiger partial charge is 0.286 e. The normalized spacial score (nSPS) is 30.9. The Morgan fingerprint density at radius 2 is 1.96 bits per heavy atom. The molecule has 3 aromatic rings. The zero-order valence-corrected chi connectivity index (χ0v) is 31.3. The highest BCUT2D eigenvalue weighted by molar-refractivity contribution is 7.93. The standard InChI is InChI=1S/C38H48ClN5O6S/c1-23-7-5-9-33(45)29-13-10-27(29)19-44-21-38(16-6-8-25-17-28(39)12-14-31(25)38)22-50-34-15-11-26(18-32(34)44)35(46)41-51(48,24(23)2)42-36(47)30-20-43(3)40-37(30)49-4/h11-12,14-15,17-18,20,23-24,27,29,33,45H,5-10,13,16,19,21-22H2,1-4H3,(H,41,42,46,47,48). The van der Waals surface area contributed by atoms with Crippen LogP contribution in [0, 0.1) is 17.8 Å². The fourth-order valence-electron chi connectivity index (χ4n) is 8.61. The van der Waals surface area contributed by atoms with Crippen LogP contribution in [0.4, 0.5) is 5.69 Å². The first-order valence-electron chi connectivity index (χ1n) is 18.1. The number of nitrogens with one attached hydrogen (secondary N) is 1. The average Bonchev–Trinajstić information content (AvgIpc) is 3.41. The summed E-state index contributed by atoms with van der Waals surface area (Å²) >= 11 is 6.44. The first kappa shape index (κ1) is 35.8. The van der Waals surface area contributed by atoms with Crippen LogP contribution in [-0.4, -0.2) is 69.1 Å². The molecular formula is C38H48ClN5O6S. The second-order valence-corrected chi connectivity index (χ2v) is 17.8. The number of hydrogen-bond acceptors (Lipinski definition) is 8. The van der Waals surface area contributed by atoms with E-state index in [4.69, 9.17) is 21.1 Å². The Morgan fingerprint density at radius 3 is 2.73 bits per heavy atom. The zero-order chi connectivity index (χ0) is 36.1. The predicted molar refractivity (Wildman–Crippen MR) is 197 cm³/mol. The molecule has 2 aliphatic heterocycles. The van der Waals surface area contributed by atoms with Crippen LogP contribution in [-0.2, 0) is 28.8 Å². The van der Waals surface area contributed by atoms with Gasteiger partial charge in [0.25, 0.3) is 11.8 Å². The fraction of sp³-hybridized carbons (Fsp3) is 0.553. The largest absolute Gasteiger partial charge is 0.490 e. The minimum atomic E-state index is -3.66. The van der Waals surface area contributed by atoms with Crippen molar-refractivity contribution in [2.45, 2.75) is 82.0 Å². The number of hydrogen-bond donors (Lipinski definition) is 2. The van der Waals surface area contributed by atoms with Gasteiger partial charge in [0.1, 0.15) is 21.2 Å². The number of ether oxygens (including phenoxy) is 2. The lowest BCUT2D eigenvalue weighted by Gasteiger charge is -2.45. The molecule has 2 aromatic carbocycles. The Bertz CT molecular complexity index is 1960. The van der Waals surface area contributed by atoms with Gasteiger partial charge in [-0.3, -0.25) is 19.0 Å². The van der Waals surface area contributed by atoms with Gasteiger partial charge < -0.3 is 19.5 Å². The van der Waals surface area contributed by atoms with Crippen molar-refractivity contribution in [1.29, 1.82) is 0 Å². The van der Waals surface area contributed by atoms with Gasteiger partial charge >= 0.3 is 0 Å². The molecule has 0 radical (unpaired) electrons. The second kappa shape index (κ2) is 14.1. The number of rotatable bonds is 3. The quantitative estimate of drug-likeness (QED) is 0.329. The average molecular weight is 738 g/mol. The molecule has 7 rings (SSSR count). The number of benzene rings is 2. The van der Waals surface area contributed by atoms with Crippen molar-refractivity contribution >= 4 is 39.0 Å². The highest BCUT2D eigenvalue weighted by Gasteiger charge is 2.44. The molecule has 1 aromatic heterocycles. The van der Waals surface area contributed by atoms with Crippen LogP contribution in [0.5, 0.6) is 11.6 Å². The molecule has 3 heterocycles. The molecule has 2 N–H and O–H groups in total. The van der Waals surface area contributed by atoms with E-state index in [0.717, 1.165) is 42.8 Å². The molecule has 2 bridgehead atoms. The number of aliphatic hydroxyl groups excluding tert-OH is 1. The number of anilines is 1. The first-order valence-corrected chi connectivity index (χ1v) is 20.0. The van der Waals surface area contributed by atoms with Gasteiger partial charge in [-0.1, -0.05) is 31.0 Å². The van der Waals surface area contributed by atoms with Gasteiger partial charge in [0.2, 0.25) is 5.88 Å². The van der Waals surface area contributed by atoms with Gasteiger partial charge in [-0.15, -0.1) is 9.46 Å². The first-order chi connectivity index (χ1) is 24.4. The third-order valence-corrected chi connectivity index (χ3v) is 14.5. The maximum Gasteiger partial charge on any atom is 0.286 e. The maximum atomic E-state index is 14.8. The van der Waals surface area contributed by atoms with Gasteiger partial charge in [-0.05, 0) is 111 Å². The molecule has 274 valence electrons. The van der Waals surface area contributed by atoms with Crippen LogP contribution >= 0.6 is 11.6 Å². The lowest BCUT2D eigenvalue weighted by molar-refractivity contribution is 0.00857. The molecule has 4 aliphatic rings. The van der Waals surface area contributed by atoms with E-state index in [2.05, 4.69) is 31.2 Å². The third-order valence-electron chi connectivity index (χ3n) is 11.9. The third kappa shape index (κ3) is 6.87. The molecule has 1 spiro atoms. The van der Waals surface area contributed by atoms with E-state index in [1.54, 1.807) is 32.2 Å². The van der Waals surface area contributed by atoms with Crippen molar-refractivity contribution in [3.8, 4) is 11.6 Å². The molecular weight excluding hydrogens is 690 g/mol. The summed E-state index contributed by atoms with van der Waals surface area (Å²) in [6.45, 7) is 5.58. The van der Waals surface area contributed by atoms with E-state index in [1.807, 2.05) is 13.0 Å². The van der Waals surface area contributed by atoms with E-state index < -0.39 is 33.1 Å². The number of aryl methyl sites for hydroxylation is 2. The molecule has 13 heteroatoms. The van der Waals surface area contributed by atoms with Crippen molar-refractivity contribution in [3.63, 3.8) is 0 Å². The lowest BCUT2D eigenvalue weighted by atomic mass is 9.68. The van der Waals surface area contributed by atoms with Crippen LogP contribution in [0.2, 0.25) is 5.02 Å². The van der Waals surface area contributed by atoms with Crippen LogP contribution < -0.4 is 19.1 Å². The van der Waals surface area contributed by atoms with Crippen molar-refractivity contribution in [2.24, 2.45) is 29.2 Å². The Hall–Kier alpha value is -3.61. The zero-order valence-electron chi connectivity index (χ0n) is 29.8. The summed E-state index contributed by atoms with van der Waals surface area (Å²) in [5.41, 5.74) is 3.33. The van der Waals surface area contributed by atoms with Crippen molar-refractivity contribution in [3.05, 3.63) is 69.9 Å². The second-order valence-electron chi connectivity index (χ2n) is 15.1. The Labute approximate surface area is 305 Å². The summed E-state index contributed by atoms with van der Waals surface area (Å²) in [6, 6.07) is 11.4. The van der Waals surface area contributed by atoms with Gasteiger partial charge in [0.05, 0.1) is 30.8 Å². The molecule has 11 nitrogen and oxygen atoms in total. The van der Waals surface area contributed by atoms with E-state index >= 15 is 0 Å². The molecule has 7 atom stereocenters. The minimum Gasteiger partial charge on any atom is -0.490 e. The van der Waals surface area contributed by atoms with Crippen LogP contribution in [0.25, 0.3) is 0 Å². The summed E-state index contributed by atoms with van der Waals surface area (Å²) in [7, 11) is -0.609. The van der Waals surface area contributed by atoms with Crippen molar-refractivity contribution < 1.29 is 28.4 Å². The van der Waals surface area contributed by atoms with Crippen molar-refractivity contribution in [1.82, 2.24) is 14.5 Å². The summed E-state index contributed by atoms with van der Waals surface area (Å²) in [6.07, 6.45) is 7.93. The van der Waals surface area contributed by atoms with Crippen LogP contribution in [0.1, 0.15) is 90.6 Å². The Balaban J connectivity index is 1.31. The molecule has 7 unspecified atom stereocenters. The number of amides is 2. The Morgan fingerprint density at radius 1 is 1.14 bits per heavy atom. The topological polar surface area (TPSA) is 135 Å². The number of halogens is 1. The van der Waals surface area contributed by atoms with Crippen LogP contribution in [0.15, 0.2) is 47.0 Å². The van der Waals surface area contributed by atoms with Gasteiger partial charge in [0, 0.05) is 42.3 Å². The number of aliphatic hydroxyl groups is 1. The molecule has 2 aliphatic carbocycles. The molecule has 51 heavy (non-hydrogen) atoms. The highest BCUT2D eigenvalue weighted by Crippen LogP contribution is 2.47. The van der Waals surface area contributed by atoms with Gasteiger partial charge in [-0.2, -0.15) is 0 Å². The summed E-state index contributed by atoms with van der Waals surface area (Å²) < 4.78 is 35.1. The van der Waals surface area contributed by atoms with Crippen LogP contribution in [0.3, 0.4) is 0 Å². The van der Waals surface area contributed by atoms with Crippen molar-refractivity contribution in [2.75, 3.05) is 31.7 Å². The Kier molecular flexibility index (Phi) is 9.88. The monoisotopic (exact) mass is 737 g/mol. The molecule has 1 fully saturated rings. The SMILES string of the molecule is COc1nn(C)cc1C(=O)NS1(=O)=NC(=O)c2ccc3c(c2)N(CC2CCC2C(O)CCCC(C)C1C)CC1(CCCc2cc(Cl)ccc21)CO3. The number of carbonyl (C=O) groups is 2.